The molecule has 0 unspecified atom stereocenters. The number of hydrogen-bond acceptors (Lipinski definition) is 0. The molecule has 0 aliphatic rings. The van der Waals surface area contributed by atoms with Gasteiger partial charge in [-0.05, 0) is 0 Å². The zero-order valence-corrected chi connectivity index (χ0v) is 5.84. The van der Waals surface area contributed by atoms with Gasteiger partial charge < -0.3 is 0 Å². The van der Waals surface area contributed by atoms with Gasteiger partial charge in [-0.25, -0.2) is 0 Å². The van der Waals surface area contributed by atoms with E-state index in [4.69, 9.17) is 23.2 Å². The topological polar surface area (TPSA) is 0 Å². The van der Waals surface area contributed by atoms with Crippen molar-refractivity contribution >= 4 is 27.6 Å². The van der Waals surface area contributed by atoms with E-state index in [-0.39, 0.29) is 4.84 Å². The van der Waals surface area contributed by atoms with Gasteiger partial charge in [-0.3, -0.25) is 0 Å². The molecular formula is C2H2Cl2Mo. The van der Waals surface area contributed by atoms with Crippen molar-refractivity contribution in [3.63, 3.8) is 0 Å². The van der Waals surface area contributed by atoms with Crippen LogP contribution >= 0.6 is 23.2 Å². The van der Waals surface area contributed by atoms with Crippen LogP contribution in [-0.4, -0.2) is 9.24 Å². The number of hydrogen-bond donors (Lipinski definition) is 0. The van der Waals surface area contributed by atoms with Crippen LogP contribution in [0.25, 0.3) is 0 Å². The Bertz CT molecular complexity index is 34.6. The van der Waals surface area contributed by atoms with E-state index in [1.165, 1.54) is 0 Å². The van der Waals surface area contributed by atoms with Gasteiger partial charge in [0.15, 0.2) is 0 Å². The summed E-state index contributed by atoms with van der Waals surface area (Å²) >= 11 is 12.1. The normalized spacial score (nSPS) is 8.60. The van der Waals surface area contributed by atoms with Crippen molar-refractivity contribution in [3.8, 4) is 0 Å². The fraction of sp³-hybridized carbons (Fsp3) is 0.500. The second-order valence-corrected chi connectivity index (χ2v) is 2.30. The second-order valence-electron chi connectivity index (χ2n) is 0.471. The molecule has 0 saturated heterocycles. The standard InChI is InChI=1S/C2H2Cl2.Mo/c1-2(3)4;/h1-2H;. The van der Waals surface area contributed by atoms with E-state index < -0.39 is 0 Å². The summed E-state index contributed by atoms with van der Waals surface area (Å²) in [6.45, 7) is 0. The summed E-state index contributed by atoms with van der Waals surface area (Å²) in [7, 11) is 0. The molecule has 30 valence electrons. The SMILES string of the molecule is ClC(Cl)[CH]=[Mo]. The van der Waals surface area contributed by atoms with Crippen LogP contribution in [0.15, 0.2) is 0 Å². The molecule has 3 heteroatoms. The fourth-order valence-corrected chi connectivity index (χ4v) is 0. The summed E-state index contributed by atoms with van der Waals surface area (Å²) in [5.74, 6) is 0. The van der Waals surface area contributed by atoms with Crippen molar-refractivity contribution in [2.45, 2.75) is 4.84 Å². The third-order valence-electron chi connectivity index (χ3n) is 0.103. The molecule has 0 spiro atoms. The van der Waals surface area contributed by atoms with E-state index in [1.807, 2.05) is 0 Å². The van der Waals surface area contributed by atoms with Crippen LogP contribution in [0.5, 0.6) is 0 Å². The van der Waals surface area contributed by atoms with Gasteiger partial charge in [0.25, 0.3) is 0 Å². The summed E-state index contributed by atoms with van der Waals surface area (Å²) in [4.78, 5) is -0.292. The van der Waals surface area contributed by atoms with Crippen LogP contribution in [0.4, 0.5) is 0 Å². The van der Waals surface area contributed by atoms with Crippen molar-refractivity contribution in [2.75, 3.05) is 0 Å². The Morgan fingerprint density at radius 1 is 1.60 bits per heavy atom. The third-order valence-corrected chi connectivity index (χ3v) is 1.83. The molecule has 0 atom stereocenters. The Kier molecular flexibility index (Phi) is 4.09. The molecule has 0 nitrogen and oxygen atoms in total. The van der Waals surface area contributed by atoms with Crippen LogP contribution < -0.4 is 0 Å². The molecule has 0 aromatic rings. The van der Waals surface area contributed by atoms with Gasteiger partial charge >= 0.3 is 51.8 Å². The Hall–Kier alpha value is 1.14. The fourth-order valence-electron chi connectivity index (χ4n) is 0. The zero-order chi connectivity index (χ0) is 4.28. The molecule has 0 heterocycles. The molecule has 0 bridgehead atoms. The van der Waals surface area contributed by atoms with Gasteiger partial charge in [0.2, 0.25) is 0 Å². The summed E-state index contributed by atoms with van der Waals surface area (Å²) in [6.07, 6.45) is 0. The summed E-state index contributed by atoms with van der Waals surface area (Å²) in [5, 5.41) is 0. The summed E-state index contributed by atoms with van der Waals surface area (Å²) in [6, 6.07) is 0. The van der Waals surface area contributed by atoms with E-state index >= 15 is 0 Å². The molecule has 0 aliphatic carbocycles. The summed E-state index contributed by atoms with van der Waals surface area (Å²) < 4.78 is 1.71. The Labute approximate surface area is 51.9 Å². The second kappa shape index (κ2) is 3.33. The predicted octanol–water partition coefficient (Wildman–Crippen LogP) is 1.14. The van der Waals surface area contributed by atoms with Crippen LogP contribution in [0.3, 0.4) is 0 Å². The van der Waals surface area contributed by atoms with Gasteiger partial charge in [-0.2, -0.15) is 0 Å². The average Bonchev–Trinajstić information content (AvgIpc) is 1.38. The van der Waals surface area contributed by atoms with E-state index in [0.29, 0.717) is 0 Å². The van der Waals surface area contributed by atoms with Crippen LogP contribution in [0, 0.1) is 0 Å². The molecule has 0 fully saturated rings. The molecule has 0 aliphatic heterocycles. The van der Waals surface area contributed by atoms with E-state index in [2.05, 4.69) is 0 Å². The van der Waals surface area contributed by atoms with Gasteiger partial charge in [0.1, 0.15) is 0 Å². The first-order valence-corrected chi connectivity index (χ1v) is 3.04. The molecule has 0 rings (SSSR count). The average molecular weight is 193 g/mol. The van der Waals surface area contributed by atoms with Gasteiger partial charge in [-0.1, -0.05) is 0 Å². The van der Waals surface area contributed by atoms with Crippen LogP contribution in [0.1, 0.15) is 0 Å². The van der Waals surface area contributed by atoms with Crippen molar-refractivity contribution < 1.29 is 19.4 Å². The Morgan fingerprint density at radius 2 is 1.80 bits per heavy atom. The maximum absolute atomic E-state index is 5.17. The quantitative estimate of drug-likeness (QED) is 0.432. The molecule has 0 amide bonds. The Morgan fingerprint density at radius 3 is 1.80 bits per heavy atom. The van der Waals surface area contributed by atoms with E-state index in [1.54, 1.807) is 23.8 Å². The Balaban J connectivity index is 2.83. The van der Waals surface area contributed by atoms with Gasteiger partial charge in [0, 0.05) is 0 Å². The van der Waals surface area contributed by atoms with E-state index in [0.717, 1.165) is 0 Å². The zero-order valence-electron chi connectivity index (χ0n) is 2.32. The van der Waals surface area contributed by atoms with E-state index in [9.17, 15) is 0 Å². The molecule has 0 N–H and O–H groups in total. The van der Waals surface area contributed by atoms with Crippen molar-refractivity contribution in [2.24, 2.45) is 0 Å². The molecule has 0 radical (unpaired) electrons. The minimum absolute atomic E-state index is 0.292. The van der Waals surface area contributed by atoms with Crippen LogP contribution in [-0.2, 0) is 19.4 Å². The first-order chi connectivity index (χ1) is 2.27. The first kappa shape index (κ1) is 6.14. The number of rotatable bonds is 1. The van der Waals surface area contributed by atoms with Gasteiger partial charge in [0.05, 0.1) is 0 Å². The minimum atomic E-state index is -0.292. The van der Waals surface area contributed by atoms with Crippen molar-refractivity contribution in [1.82, 2.24) is 0 Å². The molecule has 0 saturated carbocycles. The summed E-state index contributed by atoms with van der Waals surface area (Å²) in [5.41, 5.74) is 0. The van der Waals surface area contributed by atoms with Crippen LogP contribution in [0.2, 0.25) is 0 Å². The van der Waals surface area contributed by atoms with Crippen molar-refractivity contribution in [3.05, 3.63) is 0 Å². The molecule has 5 heavy (non-hydrogen) atoms. The molecular weight excluding hydrogens is 191 g/mol. The third kappa shape index (κ3) is 5.14. The number of alkyl halides is 2. The monoisotopic (exact) mass is 194 g/mol. The van der Waals surface area contributed by atoms with Crippen molar-refractivity contribution in [1.29, 1.82) is 0 Å². The molecule has 0 aromatic carbocycles. The maximum atomic E-state index is 5.17. The predicted molar refractivity (Wildman–Crippen MR) is 21.6 cm³/mol. The molecule has 0 aromatic heterocycles. The first-order valence-electron chi connectivity index (χ1n) is 1.01. The number of halogens is 2. The van der Waals surface area contributed by atoms with Gasteiger partial charge in [-0.15, -0.1) is 0 Å².